The van der Waals surface area contributed by atoms with E-state index in [0.717, 1.165) is 44.2 Å². The fraction of sp³-hybridized carbons (Fsp3) is 0.296. The Hall–Kier alpha value is -3.55. The molecule has 3 rings (SSSR count). The number of alkyl halides is 3. The van der Waals surface area contributed by atoms with E-state index in [1.54, 1.807) is 0 Å². The number of nitrogens with two attached hydrogens (primary N) is 1. The van der Waals surface area contributed by atoms with Gasteiger partial charge in [0, 0.05) is 13.0 Å². The molecule has 0 saturated heterocycles. The van der Waals surface area contributed by atoms with Gasteiger partial charge in [-0.05, 0) is 54.7 Å². The van der Waals surface area contributed by atoms with Crippen LogP contribution in [0.15, 0.2) is 66.7 Å². The van der Waals surface area contributed by atoms with Crippen LogP contribution in [0, 0.1) is 5.82 Å². The Morgan fingerprint density at radius 2 is 1.46 bits per heavy atom. The van der Waals surface area contributed by atoms with Crippen LogP contribution in [0.1, 0.15) is 48.8 Å². The molecule has 4 N–H and O–H groups in total. The second-order valence-electron chi connectivity index (χ2n) is 8.38. The molecule has 1 amide bonds. The molecule has 0 aliphatic rings. The molecule has 4 nitrogen and oxygen atoms in total. The third kappa shape index (κ3) is 8.02. The minimum atomic E-state index is -4.41. The molecule has 0 unspecified atom stereocenters. The van der Waals surface area contributed by atoms with Crippen LogP contribution in [0.3, 0.4) is 0 Å². The van der Waals surface area contributed by atoms with E-state index in [0.29, 0.717) is 12.0 Å². The minimum Gasteiger partial charge on any atom is -0.395 e. The number of unbranched alkanes of at least 4 members (excludes halogenated alkanes) is 3. The molecule has 0 aliphatic carbocycles. The van der Waals surface area contributed by atoms with Crippen molar-refractivity contribution in [2.45, 2.75) is 51.2 Å². The van der Waals surface area contributed by atoms with E-state index in [4.69, 9.17) is 5.73 Å². The lowest BCUT2D eigenvalue weighted by Crippen LogP contribution is -2.14. The normalized spacial score (nSPS) is 11.3. The highest BCUT2D eigenvalue weighted by Crippen LogP contribution is 2.30. The Morgan fingerprint density at radius 1 is 0.800 bits per heavy atom. The summed E-state index contributed by atoms with van der Waals surface area (Å²) in [6, 6.07) is 17.8. The van der Waals surface area contributed by atoms with Crippen molar-refractivity contribution in [3.8, 4) is 0 Å². The molecule has 0 saturated carbocycles. The lowest BCUT2D eigenvalue weighted by molar-refractivity contribution is -0.137. The van der Waals surface area contributed by atoms with Crippen molar-refractivity contribution in [3.05, 3.63) is 89.2 Å². The highest BCUT2D eigenvalue weighted by molar-refractivity contribution is 5.94. The predicted octanol–water partition coefficient (Wildman–Crippen LogP) is 7.17. The van der Waals surface area contributed by atoms with E-state index in [-0.39, 0.29) is 29.5 Å². The van der Waals surface area contributed by atoms with Gasteiger partial charge in [0.05, 0.1) is 22.6 Å². The van der Waals surface area contributed by atoms with E-state index in [9.17, 15) is 22.4 Å². The van der Waals surface area contributed by atoms with E-state index in [1.165, 1.54) is 29.8 Å². The number of aryl methyl sites for hydroxylation is 1. The maximum absolute atomic E-state index is 14.7. The van der Waals surface area contributed by atoms with Gasteiger partial charge in [-0.1, -0.05) is 55.3 Å². The standard InChI is InChI=1S/C27H29F4N3O/c28-25-22(33-18-20-12-14-21(15-13-20)27(29,30)31)16-17-23(26(25)32)34-24(35)11-7-2-1-4-8-19-9-5-3-6-10-19/h3,5-6,9-10,12-17,33H,1-2,4,7-8,11,18,32H2,(H,34,35). The van der Waals surface area contributed by atoms with E-state index in [1.807, 2.05) is 18.2 Å². The first-order chi connectivity index (χ1) is 16.7. The summed E-state index contributed by atoms with van der Waals surface area (Å²) in [6.07, 6.45) is 0.674. The van der Waals surface area contributed by atoms with Crippen molar-refractivity contribution in [3.63, 3.8) is 0 Å². The summed E-state index contributed by atoms with van der Waals surface area (Å²) in [6.45, 7) is 0.116. The highest BCUT2D eigenvalue weighted by atomic mass is 19.4. The third-order valence-electron chi connectivity index (χ3n) is 5.68. The molecule has 3 aromatic rings. The minimum absolute atomic E-state index is 0.0961. The van der Waals surface area contributed by atoms with Crippen LogP contribution in [0.5, 0.6) is 0 Å². The molecule has 0 aliphatic heterocycles. The molecule has 0 radical (unpaired) electrons. The number of rotatable bonds is 11. The van der Waals surface area contributed by atoms with E-state index >= 15 is 0 Å². The van der Waals surface area contributed by atoms with Crippen molar-refractivity contribution in [1.29, 1.82) is 0 Å². The molecule has 0 aromatic heterocycles. The summed E-state index contributed by atoms with van der Waals surface area (Å²) >= 11 is 0. The van der Waals surface area contributed by atoms with Gasteiger partial charge in [-0.3, -0.25) is 4.79 Å². The number of benzene rings is 3. The number of nitrogen functional groups attached to an aromatic ring is 1. The molecule has 0 atom stereocenters. The van der Waals surface area contributed by atoms with Gasteiger partial charge in [0.25, 0.3) is 0 Å². The quantitative estimate of drug-likeness (QED) is 0.153. The van der Waals surface area contributed by atoms with Gasteiger partial charge in [0.2, 0.25) is 5.91 Å². The highest BCUT2D eigenvalue weighted by Gasteiger charge is 2.29. The molecule has 8 heteroatoms. The predicted molar refractivity (Wildman–Crippen MR) is 131 cm³/mol. The second-order valence-corrected chi connectivity index (χ2v) is 8.38. The fourth-order valence-electron chi connectivity index (χ4n) is 3.67. The summed E-state index contributed by atoms with van der Waals surface area (Å²) in [4.78, 5) is 12.2. The van der Waals surface area contributed by atoms with Gasteiger partial charge >= 0.3 is 6.18 Å². The summed E-state index contributed by atoms with van der Waals surface area (Å²) < 4.78 is 52.7. The SMILES string of the molecule is Nc1c(NC(=O)CCCCCCc2ccccc2)ccc(NCc2ccc(C(F)(F)F)cc2)c1F. The lowest BCUT2D eigenvalue weighted by Gasteiger charge is -2.14. The zero-order valence-electron chi connectivity index (χ0n) is 19.3. The number of carbonyl (C=O) groups excluding carboxylic acids is 1. The van der Waals surface area contributed by atoms with Crippen LogP contribution in [0.25, 0.3) is 0 Å². The molecule has 0 bridgehead atoms. The first-order valence-corrected chi connectivity index (χ1v) is 11.6. The molecule has 0 heterocycles. The summed E-state index contributed by atoms with van der Waals surface area (Å²) in [5.41, 5.74) is 7.07. The van der Waals surface area contributed by atoms with Crippen LogP contribution < -0.4 is 16.4 Å². The molecule has 35 heavy (non-hydrogen) atoms. The summed E-state index contributed by atoms with van der Waals surface area (Å²) in [7, 11) is 0. The maximum Gasteiger partial charge on any atom is 0.416 e. The Balaban J connectivity index is 1.42. The van der Waals surface area contributed by atoms with E-state index in [2.05, 4.69) is 22.8 Å². The number of hydrogen-bond acceptors (Lipinski definition) is 3. The summed E-state index contributed by atoms with van der Waals surface area (Å²) in [5.74, 6) is -0.958. The first-order valence-electron chi connectivity index (χ1n) is 11.6. The summed E-state index contributed by atoms with van der Waals surface area (Å²) in [5, 5.41) is 5.48. The molecule has 0 fully saturated rings. The number of hydrogen-bond donors (Lipinski definition) is 3. The van der Waals surface area contributed by atoms with E-state index < -0.39 is 17.6 Å². The fourth-order valence-corrected chi connectivity index (χ4v) is 3.67. The molecule has 3 aromatic carbocycles. The Bertz CT molecular complexity index is 1100. The number of carbonyl (C=O) groups is 1. The molecular weight excluding hydrogens is 458 g/mol. The van der Waals surface area contributed by atoms with Gasteiger partial charge in [-0.15, -0.1) is 0 Å². The van der Waals surface area contributed by atoms with Crippen LogP contribution in [-0.2, 0) is 23.9 Å². The lowest BCUT2D eigenvalue weighted by atomic mass is 10.1. The third-order valence-corrected chi connectivity index (χ3v) is 5.68. The van der Waals surface area contributed by atoms with Crippen molar-refractivity contribution < 1.29 is 22.4 Å². The topological polar surface area (TPSA) is 67.1 Å². The Morgan fingerprint density at radius 3 is 2.14 bits per heavy atom. The van der Waals surface area contributed by atoms with Gasteiger partial charge in [-0.25, -0.2) is 4.39 Å². The molecule has 0 spiro atoms. The van der Waals surface area contributed by atoms with Gasteiger partial charge in [-0.2, -0.15) is 13.2 Å². The zero-order valence-corrected chi connectivity index (χ0v) is 19.3. The van der Waals surface area contributed by atoms with Gasteiger partial charge < -0.3 is 16.4 Å². The second kappa shape index (κ2) is 12.2. The van der Waals surface area contributed by atoms with Crippen LogP contribution in [0.2, 0.25) is 0 Å². The Labute approximate surface area is 202 Å². The van der Waals surface area contributed by atoms with Crippen LogP contribution >= 0.6 is 0 Å². The largest absolute Gasteiger partial charge is 0.416 e. The van der Waals surface area contributed by atoms with Crippen LogP contribution in [0.4, 0.5) is 34.6 Å². The van der Waals surface area contributed by atoms with Crippen molar-refractivity contribution >= 4 is 23.0 Å². The average molecular weight is 488 g/mol. The number of anilines is 3. The van der Waals surface area contributed by atoms with Gasteiger partial charge in [0.15, 0.2) is 5.82 Å². The number of nitrogens with one attached hydrogen (secondary N) is 2. The maximum atomic E-state index is 14.7. The zero-order chi connectivity index (χ0) is 25.3. The van der Waals surface area contributed by atoms with Crippen LogP contribution in [-0.4, -0.2) is 5.91 Å². The van der Waals surface area contributed by atoms with Crippen molar-refractivity contribution in [1.82, 2.24) is 0 Å². The number of amides is 1. The smallest absolute Gasteiger partial charge is 0.395 e. The monoisotopic (exact) mass is 487 g/mol. The average Bonchev–Trinajstić information content (AvgIpc) is 2.84. The number of halogens is 4. The van der Waals surface area contributed by atoms with Crippen molar-refractivity contribution in [2.24, 2.45) is 0 Å². The van der Waals surface area contributed by atoms with Gasteiger partial charge in [0.1, 0.15) is 0 Å². The van der Waals surface area contributed by atoms with Crippen molar-refractivity contribution in [2.75, 3.05) is 16.4 Å². The Kier molecular flexibility index (Phi) is 9.11. The molecular formula is C27H29F4N3O. The molecule has 186 valence electrons. The first kappa shape index (κ1) is 26.1.